The number of rotatable bonds is 5. The second-order valence-electron chi connectivity index (χ2n) is 5.77. The maximum atomic E-state index is 14.1. The van der Waals surface area contributed by atoms with Crippen molar-refractivity contribution < 1.29 is 23.5 Å². The summed E-state index contributed by atoms with van der Waals surface area (Å²) < 4.78 is 28.2. The van der Waals surface area contributed by atoms with Crippen LogP contribution in [0.3, 0.4) is 0 Å². The Hall–Kier alpha value is -1.98. The minimum absolute atomic E-state index is 0.0722. The molecule has 112 valence electrons. The van der Waals surface area contributed by atoms with E-state index in [4.69, 9.17) is 5.11 Å². The molecule has 0 amide bonds. The lowest BCUT2D eigenvalue weighted by atomic mass is 10.0. The molecule has 21 heavy (non-hydrogen) atoms. The molecule has 2 fully saturated rings. The normalized spacial score (nSPS) is 23.0. The highest BCUT2D eigenvalue weighted by atomic mass is 19.1. The monoisotopic (exact) mass is 295 g/mol. The number of anilines is 1. The first-order chi connectivity index (χ1) is 9.95. The molecule has 0 bridgehead atoms. The van der Waals surface area contributed by atoms with Crippen molar-refractivity contribution in [1.29, 1.82) is 0 Å². The molecule has 1 saturated carbocycles. The van der Waals surface area contributed by atoms with E-state index >= 15 is 0 Å². The lowest BCUT2D eigenvalue weighted by molar-refractivity contribution is -0.136. The number of benzene rings is 1. The molecular weight excluding hydrogens is 280 g/mol. The number of hydrogen-bond acceptors (Lipinski definition) is 3. The highest BCUT2D eigenvalue weighted by Gasteiger charge is 2.46. The van der Waals surface area contributed by atoms with Gasteiger partial charge in [0.05, 0.1) is 6.42 Å². The first kappa shape index (κ1) is 14.0. The Balaban J connectivity index is 1.78. The largest absolute Gasteiger partial charge is 0.481 e. The highest BCUT2D eigenvalue weighted by molar-refractivity contribution is 5.97. The maximum absolute atomic E-state index is 14.1. The van der Waals surface area contributed by atoms with Gasteiger partial charge < -0.3 is 10.0 Å². The van der Waals surface area contributed by atoms with Gasteiger partial charge in [0, 0.05) is 25.1 Å². The summed E-state index contributed by atoms with van der Waals surface area (Å²) in [5.41, 5.74) is -0.184. The fourth-order valence-electron chi connectivity index (χ4n) is 2.97. The Morgan fingerprint density at radius 3 is 2.24 bits per heavy atom. The smallest absolute Gasteiger partial charge is 0.303 e. The van der Waals surface area contributed by atoms with E-state index in [0.717, 1.165) is 18.6 Å². The zero-order chi connectivity index (χ0) is 15.1. The molecule has 3 rings (SSSR count). The van der Waals surface area contributed by atoms with E-state index in [1.54, 1.807) is 4.90 Å². The molecule has 1 aromatic rings. The number of carboxylic acid groups (broad SMARTS) is 1. The average Bonchev–Trinajstić information content (AvgIpc) is 3.02. The van der Waals surface area contributed by atoms with E-state index < -0.39 is 23.4 Å². The van der Waals surface area contributed by atoms with E-state index in [2.05, 4.69) is 0 Å². The summed E-state index contributed by atoms with van der Waals surface area (Å²) in [6.45, 7) is 1.32. The van der Waals surface area contributed by atoms with Crippen molar-refractivity contribution in [2.75, 3.05) is 18.0 Å². The van der Waals surface area contributed by atoms with Gasteiger partial charge in [-0.15, -0.1) is 0 Å². The van der Waals surface area contributed by atoms with Gasteiger partial charge in [-0.2, -0.15) is 0 Å². The van der Waals surface area contributed by atoms with Crippen LogP contribution in [0.1, 0.15) is 29.6 Å². The van der Waals surface area contributed by atoms with Gasteiger partial charge >= 0.3 is 5.97 Å². The number of halogens is 2. The van der Waals surface area contributed by atoms with Crippen LogP contribution in [0.2, 0.25) is 0 Å². The Morgan fingerprint density at radius 1 is 1.14 bits per heavy atom. The van der Waals surface area contributed by atoms with Crippen molar-refractivity contribution in [2.24, 2.45) is 11.8 Å². The lowest BCUT2D eigenvalue weighted by Gasteiger charge is -2.21. The van der Waals surface area contributed by atoms with Crippen LogP contribution in [0.5, 0.6) is 0 Å². The fraction of sp³-hybridized carbons (Fsp3) is 0.467. The third kappa shape index (κ3) is 2.75. The van der Waals surface area contributed by atoms with Gasteiger partial charge in [0.1, 0.15) is 17.3 Å². The number of carboxylic acids is 1. The number of carbonyl (C=O) groups is 2. The molecule has 2 unspecified atom stereocenters. The molecule has 1 saturated heterocycles. The van der Waals surface area contributed by atoms with Crippen LogP contribution in [0.15, 0.2) is 12.1 Å². The molecule has 1 aliphatic heterocycles. The Morgan fingerprint density at radius 2 is 1.71 bits per heavy atom. The van der Waals surface area contributed by atoms with E-state index in [0.29, 0.717) is 24.9 Å². The summed E-state index contributed by atoms with van der Waals surface area (Å²) in [6.07, 6.45) is 0.520. The van der Waals surface area contributed by atoms with Crippen molar-refractivity contribution in [1.82, 2.24) is 0 Å². The Kier molecular flexibility index (Phi) is 3.39. The Bertz CT molecular complexity index is 584. The van der Waals surface area contributed by atoms with Crippen molar-refractivity contribution in [3.05, 3.63) is 29.3 Å². The maximum Gasteiger partial charge on any atom is 0.303 e. The number of fused-ring (bicyclic) bond motifs is 1. The SMILES string of the molecule is O=C(O)CCC(=O)c1cc(F)c(N2CC3CC3C2)c(F)c1. The lowest BCUT2D eigenvalue weighted by Crippen LogP contribution is -2.24. The van der Waals surface area contributed by atoms with Crippen molar-refractivity contribution >= 4 is 17.4 Å². The van der Waals surface area contributed by atoms with Gasteiger partial charge in [-0.25, -0.2) is 8.78 Å². The predicted molar refractivity (Wildman–Crippen MR) is 71.4 cm³/mol. The molecule has 0 spiro atoms. The van der Waals surface area contributed by atoms with Crippen molar-refractivity contribution in [2.45, 2.75) is 19.3 Å². The topological polar surface area (TPSA) is 57.6 Å². The number of piperidine rings is 1. The van der Waals surface area contributed by atoms with Crippen LogP contribution in [-0.4, -0.2) is 29.9 Å². The molecule has 0 aromatic heterocycles. The Labute approximate surface area is 120 Å². The molecule has 2 atom stereocenters. The summed E-state index contributed by atoms with van der Waals surface area (Å²) in [5.74, 6) is -2.10. The van der Waals surface area contributed by atoms with Crippen LogP contribution >= 0.6 is 0 Å². The number of Topliss-reactive ketones (excluding diaryl/α,β-unsaturated/α-hetero) is 1. The van der Waals surface area contributed by atoms with Crippen LogP contribution in [0.4, 0.5) is 14.5 Å². The second kappa shape index (κ2) is 5.09. The molecule has 2 aliphatic rings. The van der Waals surface area contributed by atoms with Gasteiger partial charge in [0.2, 0.25) is 0 Å². The van der Waals surface area contributed by atoms with Gasteiger partial charge in [-0.1, -0.05) is 0 Å². The quantitative estimate of drug-likeness (QED) is 0.848. The van der Waals surface area contributed by atoms with Crippen molar-refractivity contribution in [3.8, 4) is 0 Å². The summed E-state index contributed by atoms with van der Waals surface area (Å²) in [5, 5.41) is 8.53. The fourth-order valence-corrected chi connectivity index (χ4v) is 2.97. The molecule has 1 aliphatic carbocycles. The highest BCUT2D eigenvalue weighted by Crippen LogP contribution is 2.47. The van der Waals surface area contributed by atoms with Gasteiger partial charge in [0.25, 0.3) is 0 Å². The number of hydrogen-bond donors (Lipinski definition) is 1. The molecular formula is C15H15F2NO3. The summed E-state index contributed by atoms with van der Waals surface area (Å²) >= 11 is 0. The first-order valence-corrected chi connectivity index (χ1v) is 6.94. The number of carbonyl (C=O) groups excluding carboxylic acids is 1. The number of nitrogens with zero attached hydrogens (tertiary/aromatic N) is 1. The first-order valence-electron chi connectivity index (χ1n) is 6.94. The van der Waals surface area contributed by atoms with Crippen LogP contribution in [-0.2, 0) is 4.79 Å². The average molecular weight is 295 g/mol. The molecule has 4 nitrogen and oxygen atoms in total. The van der Waals surface area contributed by atoms with Crippen LogP contribution in [0.25, 0.3) is 0 Å². The summed E-state index contributed by atoms with van der Waals surface area (Å²) in [4.78, 5) is 23.8. The minimum Gasteiger partial charge on any atom is -0.481 e. The van der Waals surface area contributed by atoms with Gasteiger partial charge in [0.15, 0.2) is 5.78 Å². The van der Waals surface area contributed by atoms with E-state index in [-0.39, 0.29) is 24.1 Å². The third-order valence-corrected chi connectivity index (χ3v) is 4.20. The molecule has 6 heteroatoms. The number of aliphatic carboxylic acids is 1. The van der Waals surface area contributed by atoms with E-state index in [1.165, 1.54) is 0 Å². The third-order valence-electron chi connectivity index (χ3n) is 4.20. The van der Waals surface area contributed by atoms with Crippen molar-refractivity contribution in [3.63, 3.8) is 0 Å². The minimum atomic E-state index is -1.11. The predicted octanol–water partition coefficient (Wildman–Crippen LogP) is 2.47. The zero-order valence-corrected chi connectivity index (χ0v) is 11.3. The standard InChI is InChI=1S/C15H15F2NO3/c16-11-4-8(13(19)1-2-14(20)21)5-12(17)15(11)18-6-9-3-10(9)7-18/h4-5,9-10H,1-3,6-7H2,(H,20,21). The second-order valence-corrected chi connectivity index (χ2v) is 5.77. The van der Waals surface area contributed by atoms with Gasteiger partial charge in [-0.05, 0) is 30.4 Å². The molecule has 0 radical (unpaired) electrons. The molecule has 1 heterocycles. The number of ketones is 1. The summed E-state index contributed by atoms with van der Waals surface area (Å²) in [7, 11) is 0. The molecule has 1 aromatic carbocycles. The van der Waals surface area contributed by atoms with Gasteiger partial charge in [-0.3, -0.25) is 9.59 Å². The summed E-state index contributed by atoms with van der Waals surface area (Å²) in [6, 6.07) is 2.01. The van der Waals surface area contributed by atoms with E-state index in [1.807, 2.05) is 0 Å². The van der Waals surface area contributed by atoms with Crippen LogP contribution < -0.4 is 4.90 Å². The van der Waals surface area contributed by atoms with E-state index in [9.17, 15) is 18.4 Å². The van der Waals surface area contributed by atoms with Crippen LogP contribution in [0, 0.1) is 23.5 Å². The molecule has 1 N–H and O–H groups in total. The zero-order valence-electron chi connectivity index (χ0n) is 11.3.